The Morgan fingerprint density at radius 3 is 2.45 bits per heavy atom. The number of fused-ring (bicyclic) bond motifs is 1. The first-order valence-electron chi connectivity index (χ1n) is 6.67. The molecule has 2 aromatic rings. The van der Waals surface area contributed by atoms with Gasteiger partial charge in [-0.15, -0.1) is 0 Å². The smallest absolute Gasteiger partial charge is 0.129 e. The summed E-state index contributed by atoms with van der Waals surface area (Å²) in [5.41, 5.74) is 5.31. The summed E-state index contributed by atoms with van der Waals surface area (Å²) in [5, 5.41) is 0. The molecular formula is C16H16F2N2. The van der Waals surface area contributed by atoms with E-state index in [-0.39, 0.29) is 23.9 Å². The molecule has 104 valence electrons. The van der Waals surface area contributed by atoms with Crippen molar-refractivity contribution in [1.29, 1.82) is 0 Å². The number of hydrazine groups is 1. The van der Waals surface area contributed by atoms with Gasteiger partial charge >= 0.3 is 0 Å². The Morgan fingerprint density at radius 1 is 1.10 bits per heavy atom. The van der Waals surface area contributed by atoms with Crippen LogP contribution in [0.2, 0.25) is 0 Å². The second kappa shape index (κ2) is 5.31. The highest BCUT2D eigenvalue weighted by atomic mass is 19.1. The summed E-state index contributed by atoms with van der Waals surface area (Å²) in [6.45, 7) is 0. The average Bonchev–Trinajstić information content (AvgIpc) is 2.42. The van der Waals surface area contributed by atoms with E-state index < -0.39 is 11.6 Å². The molecule has 0 radical (unpaired) electrons. The summed E-state index contributed by atoms with van der Waals surface area (Å²) in [4.78, 5) is 0. The van der Waals surface area contributed by atoms with Crippen molar-refractivity contribution in [2.75, 3.05) is 0 Å². The van der Waals surface area contributed by atoms with Crippen LogP contribution in [0.1, 0.15) is 22.6 Å². The molecule has 2 aromatic carbocycles. The van der Waals surface area contributed by atoms with Crippen LogP contribution in [-0.4, -0.2) is 6.04 Å². The maximum atomic E-state index is 13.7. The van der Waals surface area contributed by atoms with Gasteiger partial charge in [0, 0.05) is 17.5 Å². The van der Waals surface area contributed by atoms with Crippen molar-refractivity contribution in [3.8, 4) is 0 Å². The first-order chi connectivity index (χ1) is 9.70. The normalized spacial score (nSPS) is 18.2. The van der Waals surface area contributed by atoms with E-state index >= 15 is 0 Å². The number of nitrogens with one attached hydrogen (secondary N) is 1. The number of nitrogens with two attached hydrogens (primary N) is 1. The zero-order valence-corrected chi connectivity index (χ0v) is 10.9. The van der Waals surface area contributed by atoms with Gasteiger partial charge in [0.1, 0.15) is 11.6 Å². The van der Waals surface area contributed by atoms with Crippen LogP contribution in [0.4, 0.5) is 8.78 Å². The van der Waals surface area contributed by atoms with E-state index in [2.05, 4.69) is 11.5 Å². The molecule has 20 heavy (non-hydrogen) atoms. The number of rotatable bonds is 4. The highest BCUT2D eigenvalue weighted by molar-refractivity contribution is 5.41. The van der Waals surface area contributed by atoms with Gasteiger partial charge in [-0.2, -0.15) is 0 Å². The fourth-order valence-corrected chi connectivity index (χ4v) is 2.92. The van der Waals surface area contributed by atoms with Crippen molar-refractivity contribution < 1.29 is 8.78 Å². The van der Waals surface area contributed by atoms with Crippen molar-refractivity contribution in [2.45, 2.75) is 24.8 Å². The average molecular weight is 274 g/mol. The number of benzene rings is 2. The van der Waals surface area contributed by atoms with E-state index in [1.165, 1.54) is 29.3 Å². The highest BCUT2D eigenvalue weighted by Crippen LogP contribution is 2.38. The molecule has 0 aromatic heterocycles. The summed E-state index contributed by atoms with van der Waals surface area (Å²) in [5.74, 6) is 4.77. The van der Waals surface area contributed by atoms with E-state index in [0.29, 0.717) is 0 Å². The minimum atomic E-state index is -0.516. The summed E-state index contributed by atoms with van der Waals surface area (Å²) < 4.78 is 27.4. The summed E-state index contributed by atoms with van der Waals surface area (Å²) >= 11 is 0. The van der Waals surface area contributed by atoms with E-state index in [0.717, 1.165) is 6.42 Å². The first-order valence-corrected chi connectivity index (χ1v) is 6.67. The Hall–Kier alpha value is -1.78. The minimum Gasteiger partial charge on any atom is -0.271 e. The third-order valence-corrected chi connectivity index (χ3v) is 4.08. The van der Waals surface area contributed by atoms with Gasteiger partial charge in [-0.25, -0.2) is 8.78 Å². The molecule has 0 amide bonds. The molecule has 2 atom stereocenters. The molecule has 0 saturated carbocycles. The molecule has 0 saturated heterocycles. The zero-order valence-electron chi connectivity index (χ0n) is 10.9. The van der Waals surface area contributed by atoms with Crippen molar-refractivity contribution in [3.05, 3.63) is 70.8 Å². The fraction of sp³-hybridized carbons (Fsp3) is 0.250. The van der Waals surface area contributed by atoms with E-state index in [1.807, 2.05) is 18.2 Å². The van der Waals surface area contributed by atoms with Crippen molar-refractivity contribution in [1.82, 2.24) is 5.43 Å². The van der Waals surface area contributed by atoms with Crippen molar-refractivity contribution in [3.63, 3.8) is 0 Å². The third-order valence-electron chi connectivity index (χ3n) is 4.08. The molecular weight excluding hydrogens is 258 g/mol. The molecule has 1 aliphatic rings. The predicted molar refractivity (Wildman–Crippen MR) is 74.1 cm³/mol. The molecule has 2 unspecified atom stereocenters. The first kappa shape index (κ1) is 13.2. The van der Waals surface area contributed by atoms with Crippen LogP contribution in [0.25, 0.3) is 0 Å². The van der Waals surface area contributed by atoms with Gasteiger partial charge in [-0.1, -0.05) is 30.3 Å². The number of hydrogen-bond donors (Lipinski definition) is 2. The SMILES string of the molecule is NNC(Cc1c(F)cccc1F)C1Cc2ccccc21. The van der Waals surface area contributed by atoms with Gasteiger partial charge in [0.25, 0.3) is 0 Å². The topological polar surface area (TPSA) is 38.0 Å². The van der Waals surface area contributed by atoms with Gasteiger partial charge in [-0.05, 0) is 36.1 Å². The van der Waals surface area contributed by atoms with Crippen molar-refractivity contribution in [2.24, 2.45) is 5.84 Å². The van der Waals surface area contributed by atoms with Crippen LogP contribution in [0, 0.1) is 11.6 Å². The maximum Gasteiger partial charge on any atom is 0.129 e. The maximum absolute atomic E-state index is 13.7. The zero-order chi connectivity index (χ0) is 14.1. The van der Waals surface area contributed by atoms with Crippen molar-refractivity contribution >= 4 is 0 Å². The molecule has 0 fully saturated rings. The largest absolute Gasteiger partial charge is 0.271 e. The van der Waals surface area contributed by atoms with Crippen LogP contribution in [0.5, 0.6) is 0 Å². The Bertz CT molecular complexity index is 607. The molecule has 3 rings (SSSR count). The lowest BCUT2D eigenvalue weighted by atomic mass is 9.72. The van der Waals surface area contributed by atoms with Gasteiger partial charge in [0.15, 0.2) is 0 Å². The van der Waals surface area contributed by atoms with E-state index in [1.54, 1.807) is 0 Å². The lowest BCUT2D eigenvalue weighted by molar-refractivity contribution is 0.393. The molecule has 4 heteroatoms. The number of halogens is 2. The van der Waals surface area contributed by atoms with Gasteiger partial charge in [-0.3, -0.25) is 11.3 Å². The van der Waals surface area contributed by atoms with Crippen LogP contribution >= 0.6 is 0 Å². The van der Waals surface area contributed by atoms with E-state index in [4.69, 9.17) is 5.84 Å². The molecule has 0 bridgehead atoms. The van der Waals surface area contributed by atoms with Gasteiger partial charge < -0.3 is 0 Å². The molecule has 1 aliphatic carbocycles. The molecule has 0 heterocycles. The van der Waals surface area contributed by atoms with Gasteiger partial charge in [0.05, 0.1) is 0 Å². The summed E-state index contributed by atoms with van der Waals surface area (Å²) in [6, 6.07) is 11.9. The lowest BCUT2D eigenvalue weighted by Gasteiger charge is -2.36. The number of hydrogen-bond acceptors (Lipinski definition) is 2. The fourth-order valence-electron chi connectivity index (χ4n) is 2.92. The van der Waals surface area contributed by atoms with Gasteiger partial charge in [0.2, 0.25) is 0 Å². The quantitative estimate of drug-likeness (QED) is 0.664. The second-order valence-electron chi connectivity index (χ2n) is 5.19. The second-order valence-corrected chi connectivity index (χ2v) is 5.19. The van der Waals surface area contributed by atoms with Crippen LogP contribution in [0.15, 0.2) is 42.5 Å². The molecule has 3 N–H and O–H groups in total. The Labute approximate surface area is 116 Å². The Morgan fingerprint density at radius 2 is 1.80 bits per heavy atom. The van der Waals surface area contributed by atoms with Crippen LogP contribution in [0.3, 0.4) is 0 Å². The Balaban J connectivity index is 1.83. The lowest BCUT2D eigenvalue weighted by Crippen LogP contribution is -2.45. The van der Waals surface area contributed by atoms with Crippen LogP contribution in [-0.2, 0) is 12.8 Å². The standard InChI is InChI=1S/C16H16F2N2/c17-14-6-3-7-15(18)13(14)9-16(20-19)12-8-10-4-1-2-5-11(10)12/h1-7,12,16,20H,8-9,19H2. The molecule has 0 spiro atoms. The summed E-state index contributed by atoms with van der Waals surface area (Å²) in [6.07, 6.45) is 1.13. The molecule has 0 aliphatic heterocycles. The monoisotopic (exact) mass is 274 g/mol. The molecule has 2 nitrogen and oxygen atoms in total. The van der Waals surface area contributed by atoms with Crippen LogP contribution < -0.4 is 11.3 Å². The third kappa shape index (κ3) is 2.21. The Kier molecular flexibility index (Phi) is 3.51. The predicted octanol–water partition coefficient (Wildman–Crippen LogP) is 2.68. The summed E-state index contributed by atoms with van der Waals surface area (Å²) in [7, 11) is 0. The minimum absolute atomic E-state index is 0.0971. The highest BCUT2D eigenvalue weighted by Gasteiger charge is 2.33. The van der Waals surface area contributed by atoms with E-state index in [9.17, 15) is 8.78 Å².